The fourth-order valence-corrected chi connectivity index (χ4v) is 5.22. The molecule has 2 heterocycles. The average Bonchev–Trinajstić information content (AvgIpc) is 2.58. The van der Waals surface area contributed by atoms with Gasteiger partial charge >= 0.3 is 5.97 Å². The van der Waals surface area contributed by atoms with E-state index in [1.54, 1.807) is 11.8 Å². The van der Waals surface area contributed by atoms with Crippen LogP contribution in [-0.4, -0.2) is 33.3 Å². The van der Waals surface area contributed by atoms with E-state index in [4.69, 9.17) is 0 Å². The lowest BCUT2D eigenvalue weighted by molar-refractivity contribution is -0.143. The van der Waals surface area contributed by atoms with Crippen LogP contribution < -0.4 is 0 Å². The maximum atomic E-state index is 11.4. The second-order valence-corrected chi connectivity index (χ2v) is 6.52. The molecule has 0 aromatic heterocycles. The first kappa shape index (κ1) is 11.1. The number of aliphatic carboxylic acids is 1. The van der Waals surface area contributed by atoms with E-state index in [1.807, 2.05) is 25.2 Å². The lowest BCUT2D eigenvalue weighted by atomic mass is 9.73. The summed E-state index contributed by atoms with van der Waals surface area (Å²) in [5.41, 5.74) is 1.07. The summed E-state index contributed by atoms with van der Waals surface area (Å²) in [6.07, 6.45) is 9.10. The zero-order valence-corrected chi connectivity index (χ0v) is 10.5. The van der Waals surface area contributed by atoms with Crippen molar-refractivity contribution in [2.75, 3.05) is 6.54 Å². The summed E-state index contributed by atoms with van der Waals surface area (Å²) in [6.45, 7) is 2.79. The molecule has 0 radical (unpaired) electrons. The molecule has 4 atom stereocenters. The minimum atomic E-state index is -0.656. The SMILES string of the molecule is CC1SC23C=CC=CC2=NCCC3C1C(=O)O. The molecule has 1 N–H and O–H groups in total. The third-order valence-corrected chi connectivity index (χ3v) is 5.69. The zero-order valence-electron chi connectivity index (χ0n) is 9.67. The highest BCUT2D eigenvalue weighted by Crippen LogP contribution is 2.56. The van der Waals surface area contributed by atoms with Crippen LogP contribution in [0, 0.1) is 11.8 Å². The van der Waals surface area contributed by atoms with Crippen molar-refractivity contribution >= 4 is 23.4 Å². The zero-order chi connectivity index (χ0) is 12.0. The molecule has 90 valence electrons. The first-order valence-electron chi connectivity index (χ1n) is 5.96. The Labute approximate surface area is 105 Å². The third kappa shape index (κ3) is 1.43. The first-order chi connectivity index (χ1) is 8.15. The summed E-state index contributed by atoms with van der Waals surface area (Å²) in [7, 11) is 0. The Bertz CT molecular complexity index is 454. The number of carboxylic acid groups (broad SMARTS) is 1. The fourth-order valence-electron chi connectivity index (χ4n) is 3.30. The van der Waals surface area contributed by atoms with Crippen LogP contribution >= 0.6 is 11.8 Å². The van der Waals surface area contributed by atoms with E-state index in [0.717, 1.165) is 18.7 Å². The highest BCUT2D eigenvalue weighted by molar-refractivity contribution is 8.02. The van der Waals surface area contributed by atoms with Gasteiger partial charge in [-0.1, -0.05) is 25.2 Å². The van der Waals surface area contributed by atoms with Crippen LogP contribution in [0.15, 0.2) is 29.3 Å². The molecule has 1 spiro atoms. The minimum Gasteiger partial charge on any atom is -0.481 e. The number of carbonyl (C=O) groups is 1. The molecular formula is C13H15NO2S. The van der Waals surface area contributed by atoms with Crippen LogP contribution in [0.3, 0.4) is 0 Å². The van der Waals surface area contributed by atoms with Crippen molar-refractivity contribution in [3.05, 3.63) is 24.3 Å². The van der Waals surface area contributed by atoms with Gasteiger partial charge < -0.3 is 5.11 Å². The molecule has 4 unspecified atom stereocenters. The van der Waals surface area contributed by atoms with E-state index in [-0.39, 0.29) is 21.8 Å². The Kier molecular flexibility index (Phi) is 2.43. The molecule has 0 bridgehead atoms. The molecule has 1 fully saturated rings. The minimum absolute atomic E-state index is 0.150. The van der Waals surface area contributed by atoms with Crippen molar-refractivity contribution in [3.8, 4) is 0 Å². The molecule has 17 heavy (non-hydrogen) atoms. The third-order valence-electron chi connectivity index (χ3n) is 3.99. The summed E-state index contributed by atoms with van der Waals surface area (Å²) in [5.74, 6) is -0.716. The highest BCUT2D eigenvalue weighted by atomic mass is 32.2. The van der Waals surface area contributed by atoms with Gasteiger partial charge in [-0.25, -0.2) is 0 Å². The number of nitrogens with zero attached hydrogens (tertiary/aromatic N) is 1. The van der Waals surface area contributed by atoms with Gasteiger partial charge in [-0.15, -0.1) is 11.8 Å². The maximum absolute atomic E-state index is 11.4. The standard InChI is InChI=1S/C13H15NO2S/c1-8-11(12(15)16)9-5-7-14-10-4-2-3-6-13(9,10)17-8/h2-4,6,8-9,11H,5,7H2,1H3,(H,15,16). The summed E-state index contributed by atoms with van der Waals surface area (Å²) < 4.78 is -0.171. The lowest BCUT2D eigenvalue weighted by Gasteiger charge is -2.37. The van der Waals surface area contributed by atoms with Crippen LogP contribution in [0.5, 0.6) is 0 Å². The number of rotatable bonds is 1. The topological polar surface area (TPSA) is 49.7 Å². The van der Waals surface area contributed by atoms with E-state index < -0.39 is 5.97 Å². The maximum Gasteiger partial charge on any atom is 0.307 e. The molecule has 3 nitrogen and oxygen atoms in total. The van der Waals surface area contributed by atoms with Crippen LogP contribution in [-0.2, 0) is 4.79 Å². The Morgan fingerprint density at radius 3 is 3.18 bits per heavy atom. The van der Waals surface area contributed by atoms with Gasteiger partial charge in [-0.2, -0.15) is 0 Å². The van der Waals surface area contributed by atoms with Crippen LogP contribution in [0.4, 0.5) is 0 Å². The van der Waals surface area contributed by atoms with Crippen molar-refractivity contribution in [1.82, 2.24) is 0 Å². The molecule has 0 aromatic carbocycles. The number of hydrogen-bond acceptors (Lipinski definition) is 3. The van der Waals surface area contributed by atoms with Gasteiger partial charge in [0.05, 0.1) is 16.4 Å². The smallest absolute Gasteiger partial charge is 0.307 e. The van der Waals surface area contributed by atoms with Gasteiger partial charge in [0, 0.05) is 11.8 Å². The normalized spacial score (nSPS) is 42.9. The highest BCUT2D eigenvalue weighted by Gasteiger charge is 2.57. The summed E-state index contributed by atoms with van der Waals surface area (Å²) in [4.78, 5) is 16.0. The van der Waals surface area contributed by atoms with Crippen LogP contribution in [0.2, 0.25) is 0 Å². The Morgan fingerprint density at radius 1 is 1.59 bits per heavy atom. The van der Waals surface area contributed by atoms with E-state index in [1.165, 1.54) is 0 Å². The molecule has 2 aliphatic heterocycles. The molecule has 3 rings (SSSR count). The largest absolute Gasteiger partial charge is 0.481 e. The summed E-state index contributed by atoms with van der Waals surface area (Å²) >= 11 is 1.77. The van der Waals surface area contributed by atoms with Gasteiger partial charge in [-0.3, -0.25) is 9.79 Å². The van der Waals surface area contributed by atoms with Gasteiger partial charge in [0.15, 0.2) is 0 Å². The molecule has 1 aliphatic carbocycles. The van der Waals surface area contributed by atoms with Crippen molar-refractivity contribution < 1.29 is 9.90 Å². The number of hydrogen-bond donors (Lipinski definition) is 1. The van der Waals surface area contributed by atoms with Gasteiger partial charge in [-0.05, 0) is 18.4 Å². The molecule has 4 heteroatoms. The van der Waals surface area contributed by atoms with Crippen molar-refractivity contribution in [1.29, 1.82) is 0 Å². The Morgan fingerprint density at radius 2 is 2.41 bits per heavy atom. The number of allylic oxidation sites excluding steroid dienone is 3. The average molecular weight is 249 g/mol. The number of thioether (sulfide) groups is 1. The molecule has 3 aliphatic rings. The van der Waals surface area contributed by atoms with Crippen LogP contribution in [0.25, 0.3) is 0 Å². The summed E-state index contributed by atoms with van der Waals surface area (Å²) in [6, 6.07) is 0. The molecular weight excluding hydrogens is 234 g/mol. The molecule has 1 saturated heterocycles. The second-order valence-electron chi connectivity index (χ2n) is 4.86. The monoisotopic (exact) mass is 249 g/mol. The molecule has 0 amide bonds. The predicted molar refractivity (Wildman–Crippen MR) is 69.6 cm³/mol. The van der Waals surface area contributed by atoms with Gasteiger partial charge in [0.25, 0.3) is 0 Å². The molecule has 0 aromatic rings. The Balaban J connectivity index is 2.08. The second kappa shape index (κ2) is 3.73. The van der Waals surface area contributed by atoms with Crippen molar-refractivity contribution in [2.45, 2.75) is 23.3 Å². The van der Waals surface area contributed by atoms with E-state index in [2.05, 4.69) is 11.1 Å². The van der Waals surface area contributed by atoms with Crippen LogP contribution in [0.1, 0.15) is 13.3 Å². The first-order valence-corrected chi connectivity index (χ1v) is 6.84. The lowest BCUT2D eigenvalue weighted by Crippen LogP contribution is -2.44. The van der Waals surface area contributed by atoms with E-state index in [0.29, 0.717) is 0 Å². The molecule has 0 saturated carbocycles. The quantitative estimate of drug-likeness (QED) is 0.774. The van der Waals surface area contributed by atoms with Gasteiger partial charge in [0.2, 0.25) is 0 Å². The van der Waals surface area contributed by atoms with Gasteiger partial charge in [0.1, 0.15) is 0 Å². The Hall–Kier alpha value is -1.03. The predicted octanol–water partition coefficient (Wildman–Crippen LogP) is 2.15. The van der Waals surface area contributed by atoms with E-state index >= 15 is 0 Å². The number of carboxylic acids is 1. The summed E-state index contributed by atoms with van der Waals surface area (Å²) in [5, 5.41) is 9.56. The van der Waals surface area contributed by atoms with Crippen molar-refractivity contribution in [3.63, 3.8) is 0 Å². The fraction of sp³-hybridized carbons (Fsp3) is 0.538. The van der Waals surface area contributed by atoms with E-state index in [9.17, 15) is 9.90 Å². The number of aliphatic imine (C=N–C) groups is 1. The van der Waals surface area contributed by atoms with Crippen molar-refractivity contribution in [2.24, 2.45) is 16.8 Å².